The molecule has 14 heavy (non-hydrogen) atoms. The van der Waals surface area contributed by atoms with E-state index < -0.39 is 0 Å². The maximum atomic E-state index is 5.95. The van der Waals surface area contributed by atoms with Gasteiger partial charge in [-0.1, -0.05) is 37.8 Å². The van der Waals surface area contributed by atoms with E-state index in [4.69, 9.17) is 5.73 Å². The van der Waals surface area contributed by atoms with Crippen LogP contribution in [-0.4, -0.2) is 6.04 Å². The first-order valence-electron chi connectivity index (χ1n) is 6.26. The average Bonchev–Trinajstić information content (AvgIpc) is 2.95. The van der Waals surface area contributed by atoms with Crippen molar-refractivity contribution in [3.63, 3.8) is 0 Å². The van der Waals surface area contributed by atoms with Crippen LogP contribution in [0.2, 0.25) is 0 Å². The molecule has 1 aliphatic rings. The highest BCUT2D eigenvalue weighted by molar-refractivity contribution is 5.15. The van der Waals surface area contributed by atoms with Gasteiger partial charge in [0.15, 0.2) is 0 Å². The van der Waals surface area contributed by atoms with Crippen molar-refractivity contribution in [1.82, 2.24) is 0 Å². The Kier molecular flexibility index (Phi) is 5.93. The van der Waals surface area contributed by atoms with E-state index >= 15 is 0 Å². The molecular formula is C13H25N. The van der Waals surface area contributed by atoms with Crippen molar-refractivity contribution in [2.45, 2.75) is 70.8 Å². The molecule has 0 spiro atoms. The molecule has 0 saturated heterocycles. The van der Waals surface area contributed by atoms with Gasteiger partial charge >= 0.3 is 0 Å². The number of hydrogen-bond donors (Lipinski definition) is 1. The first-order valence-corrected chi connectivity index (χ1v) is 6.26. The lowest BCUT2D eigenvalue weighted by Gasteiger charge is -2.08. The van der Waals surface area contributed by atoms with Crippen molar-refractivity contribution >= 4 is 0 Å². The highest BCUT2D eigenvalue weighted by Gasteiger charge is 2.08. The first kappa shape index (κ1) is 11.8. The van der Waals surface area contributed by atoms with Gasteiger partial charge in [0, 0.05) is 6.04 Å². The van der Waals surface area contributed by atoms with Gasteiger partial charge in [-0.15, -0.1) is 0 Å². The second-order valence-electron chi connectivity index (χ2n) is 4.55. The quantitative estimate of drug-likeness (QED) is 0.463. The summed E-state index contributed by atoms with van der Waals surface area (Å²) in [5.74, 6) is 0. The lowest BCUT2D eigenvalue weighted by atomic mass is 10.0. The van der Waals surface area contributed by atoms with E-state index in [0.717, 1.165) is 0 Å². The van der Waals surface area contributed by atoms with E-state index in [1.807, 2.05) is 0 Å². The van der Waals surface area contributed by atoms with Crippen LogP contribution in [0.15, 0.2) is 11.6 Å². The largest absolute Gasteiger partial charge is 0.328 e. The Hall–Kier alpha value is -0.300. The van der Waals surface area contributed by atoms with Gasteiger partial charge in [-0.05, 0) is 38.5 Å². The topological polar surface area (TPSA) is 26.0 Å². The molecule has 1 rings (SSSR count). The van der Waals surface area contributed by atoms with Crippen molar-refractivity contribution in [2.24, 2.45) is 5.73 Å². The summed E-state index contributed by atoms with van der Waals surface area (Å²) in [6, 6.07) is 0.460. The molecule has 1 nitrogen and oxygen atoms in total. The minimum Gasteiger partial charge on any atom is -0.328 e. The summed E-state index contributed by atoms with van der Waals surface area (Å²) in [4.78, 5) is 0. The summed E-state index contributed by atoms with van der Waals surface area (Å²) in [5.41, 5.74) is 7.63. The Morgan fingerprint density at radius 2 is 2.00 bits per heavy atom. The molecule has 1 heteroatoms. The fourth-order valence-electron chi connectivity index (χ4n) is 1.83. The van der Waals surface area contributed by atoms with Gasteiger partial charge in [0.05, 0.1) is 0 Å². The van der Waals surface area contributed by atoms with Crippen molar-refractivity contribution in [3.05, 3.63) is 11.6 Å². The molecule has 0 aromatic rings. The first-order chi connectivity index (χ1) is 6.83. The molecule has 0 amide bonds. The number of hydrogen-bond acceptors (Lipinski definition) is 1. The monoisotopic (exact) mass is 195 g/mol. The molecule has 0 radical (unpaired) electrons. The van der Waals surface area contributed by atoms with Crippen LogP contribution in [0.4, 0.5) is 0 Å². The molecule has 1 unspecified atom stereocenters. The minimum atomic E-state index is 0.460. The van der Waals surface area contributed by atoms with Crippen molar-refractivity contribution in [1.29, 1.82) is 0 Å². The second kappa shape index (κ2) is 7.05. The van der Waals surface area contributed by atoms with Crippen molar-refractivity contribution in [3.8, 4) is 0 Å². The van der Waals surface area contributed by atoms with Gasteiger partial charge in [-0.3, -0.25) is 0 Å². The molecule has 0 heterocycles. The normalized spacial score (nSPS) is 16.9. The predicted molar refractivity (Wildman–Crippen MR) is 63.3 cm³/mol. The predicted octanol–water partition coefficient (Wildman–Crippen LogP) is 3.78. The molecular weight excluding hydrogens is 170 g/mol. The molecule has 1 saturated carbocycles. The van der Waals surface area contributed by atoms with E-state index in [2.05, 4.69) is 13.0 Å². The molecule has 1 atom stereocenters. The fourth-order valence-corrected chi connectivity index (χ4v) is 1.83. The average molecular weight is 195 g/mol. The van der Waals surface area contributed by atoms with Gasteiger partial charge in [0.1, 0.15) is 0 Å². The van der Waals surface area contributed by atoms with Crippen LogP contribution >= 0.6 is 0 Å². The molecule has 0 bridgehead atoms. The zero-order chi connectivity index (χ0) is 10.2. The fraction of sp³-hybridized carbons (Fsp3) is 0.846. The van der Waals surface area contributed by atoms with Crippen LogP contribution in [0, 0.1) is 0 Å². The smallest absolute Gasteiger partial charge is 0.00387 e. The maximum absolute atomic E-state index is 5.95. The third-order valence-corrected chi connectivity index (χ3v) is 2.91. The zero-order valence-electron chi connectivity index (χ0n) is 9.60. The Labute approximate surface area is 88.8 Å². The van der Waals surface area contributed by atoms with Gasteiger partial charge in [0.25, 0.3) is 0 Å². The Morgan fingerprint density at radius 3 is 2.64 bits per heavy atom. The summed E-state index contributed by atoms with van der Waals surface area (Å²) in [5, 5.41) is 0. The lowest BCUT2D eigenvalue weighted by Crippen LogP contribution is -2.18. The Morgan fingerprint density at radius 1 is 1.21 bits per heavy atom. The number of allylic oxidation sites excluding steroid dienone is 2. The van der Waals surface area contributed by atoms with Crippen LogP contribution in [0.1, 0.15) is 64.7 Å². The summed E-state index contributed by atoms with van der Waals surface area (Å²) in [6.45, 7) is 2.21. The number of rotatable bonds is 8. The van der Waals surface area contributed by atoms with Crippen molar-refractivity contribution < 1.29 is 0 Å². The van der Waals surface area contributed by atoms with E-state index in [0.29, 0.717) is 6.04 Å². The van der Waals surface area contributed by atoms with E-state index in [1.54, 1.807) is 5.57 Å². The van der Waals surface area contributed by atoms with Crippen LogP contribution < -0.4 is 5.73 Å². The third-order valence-electron chi connectivity index (χ3n) is 2.91. The standard InChI is InChI=1S/C13H25N/c1-2-7-13(14)9-6-4-3-5-8-12-10-11-12/h8,13H,2-7,9-11,14H2,1H3. The molecule has 2 N–H and O–H groups in total. The summed E-state index contributed by atoms with van der Waals surface area (Å²) in [6.07, 6.45) is 14.2. The van der Waals surface area contributed by atoms with Crippen LogP contribution in [0.3, 0.4) is 0 Å². The SMILES string of the molecule is CCCC(N)CCCCCC=C1CC1. The maximum Gasteiger partial charge on any atom is 0.00387 e. The number of unbranched alkanes of at least 4 members (excludes halogenated alkanes) is 3. The van der Waals surface area contributed by atoms with E-state index in [9.17, 15) is 0 Å². The highest BCUT2D eigenvalue weighted by atomic mass is 14.6. The summed E-state index contributed by atoms with van der Waals surface area (Å²) < 4.78 is 0. The zero-order valence-corrected chi connectivity index (χ0v) is 9.60. The second-order valence-corrected chi connectivity index (χ2v) is 4.55. The molecule has 0 aliphatic heterocycles. The van der Waals surface area contributed by atoms with Crippen molar-refractivity contribution in [2.75, 3.05) is 0 Å². The van der Waals surface area contributed by atoms with Gasteiger partial charge < -0.3 is 5.73 Å². The lowest BCUT2D eigenvalue weighted by molar-refractivity contribution is 0.519. The van der Waals surface area contributed by atoms with Crippen LogP contribution in [-0.2, 0) is 0 Å². The van der Waals surface area contributed by atoms with Gasteiger partial charge in [-0.2, -0.15) is 0 Å². The van der Waals surface area contributed by atoms with Gasteiger partial charge in [-0.25, -0.2) is 0 Å². The van der Waals surface area contributed by atoms with Crippen LogP contribution in [0.5, 0.6) is 0 Å². The Bertz CT molecular complexity index is 166. The number of nitrogens with two attached hydrogens (primary N) is 1. The molecule has 82 valence electrons. The Balaban J connectivity index is 1.81. The molecule has 1 aliphatic carbocycles. The summed E-state index contributed by atoms with van der Waals surface area (Å²) in [7, 11) is 0. The molecule has 1 fully saturated rings. The third kappa shape index (κ3) is 6.20. The minimum absolute atomic E-state index is 0.460. The van der Waals surface area contributed by atoms with E-state index in [-0.39, 0.29) is 0 Å². The molecule has 0 aromatic heterocycles. The highest BCUT2D eigenvalue weighted by Crippen LogP contribution is 2.28. The summed E-state index contributed by atoms with van der Waals surface area (Å²) >= 11 is 0. The van der Waals surface area contributed by atoms with Crippen LogP contribution in [0.25, 0.3) is 0 Å². The van der Waals surface area contributed by atoms with Gasteiger partial charge in [0.2, 0.25) is 0 Å². The molecule has 0 aromatic carbocycles. The van der Waals surface area contributed by atoms with E-state index in [1.165, 1.54) is 57.8 Å².